The maximum absolute atomic E-state index is 2.42. The van der Waals surface area contributed by atoms with Gasteiger partial charge in [0, 0.05) is 22.7 Å². The summed E-state index contributed by atoms with van der Waals surface area (Å²) in [6.07, 6.45) is 0. The van der Waals surface area contributed by atoms with Crippen LogP contribution in [0.25, 0.3) is 10.8 Å². The Morgan fingerprint density at radius 3 is 0.881 bits per heavy atom. The summed E-state index contributed by atoms with van der Waals surface area (Å²) >= 11 is 0. The predicted octanol–water partition coefficient (Wildman–Crippen LogP) is 11.6. The maximum Gasteiger partial charge on any atom is 0.0708 e. The van der Waals surface area contributed by atoms with E-state index in [4.69, 9.17) is 0 Å². The van der Waals surface area contributed by atoms with Gasteiger partial charge in [-0.2, -0.15) is 0 Å². The van der Waals surface area contributed by atoms with Gasteiger partial charge in [0.15, 0.2) is 0 Å². The lowest BCUT2D eigenvalue weighted by Gasteiger charge is -2.34. The Morgan fingerprint density at radius 1 is 0.333 bits per heavy atom. The quantitative estimate of drug-likeness (QED) is 0.205. The average Bonchev–Trinajstić information content (AvgIpc) is 2.95. The molecule has 0 aliphatic heterocycles. The van der Waals surface area contributed by atoms with Gasteiger partial charge in [0.05, 0.1) is 11.4 Å². The molecule has 6 rings (SSSR count). The number of rotatable bonds is 6. The summed E-state index contributed by atoms with van der Waals surface area (Å²) in [6, 6.07) is 44.6. The summed E-state index contributed by atoms with van der Waals surface area (Å²) in [6.45, 7) is 13.1. The molecule has 0 fully saturated rings. The molecular formula is C40H38N2. The van der Waals surface area contributed by atoms with Gasteiger partial charge in [0.1, 0.15) is 0 Å². The normalized spacial score (nSPS) is 11.1. The molecule has 6 aromatic rings. The van der Waals surface area contributed by atoms with Crippen LogP contribution < -0.4 is 9.80 Å². The Hall–Kier alpha value is -4.82. The van der Waals surface area contributed by atoms with E-state index in [-0.39, 0.29) is 0 Å². The van der Waals surface area contributed by atoms with Gasteiger partial charge in [-0.15, -0.1) is 0 Å². The Labute approximate surface area is 250 Å². The van der Waals surface area contributed by atoms with Crippen molar-refractivity contribution in [2.45, 2.75) is 41.5 Å². The molecule has 0 amide bonds. The zero-order chi connectivity index (χ0) is 29.4. The van der Waals surface area contributed by atoms with Gasteiger partial charge < -0.3 is 9.80 Å². The van der Waals surface area contributed by atoms with E-state index in [0.29, 0.717) is 0 Å². The largest absolute Gasteiger partial charge is 0.308 e. The van der Waals surface area contributed by atoms with E-state index in [0.717, 1.165) is 34.1 Å². The van der Waals surface area contributed by atoms with Crippen molar-refractivity contribution >= 4 is 44.9 Å². The molecule has 0 saturated heterocycles. The summed E-state index contributed by atoms with van der Waals surface area (Å²) in [5.41, 5.74) is 14.3. The number of aryl methyl sites for hydroxylation is 6. The number of anilines is 6. The fourth-order valence-electron chi connectivity index (χ4n) is 5.83. The van der Waals surface area contributed by atoms with Crippen LogP contribution in [0, 0.1) is 41.5 Å². The van der Waals surface area contributed by atoms with Crippen LogP contribution in [-0.4, -0.2) is 0 Å². The molecule has 0 radical (unpaired) electrons. The second-order valence-electron chi connectivity index (χ2n) is 11.7. The van der Waals surface area contributed by atoms with Crippen molar-refractivity contribution in [2.24, 2.45) is 0 Å². The van der Waals surface area contributed by atoms with E-state index in [2.05, 4.69) is 173 Å². The summed E-state index contributed by atoms with van der Waals surface area (Å²) in [5, 5.41) is 2.46. The van der Waals surface area contributed by atoms with Gasteiger partial charge in [-0.3, -0.25) is 0 Å². The standard InChI is InChI=1S/C40H38N2/c1-27-11-7-15-35(19-27)41(36-16-8-12-28(2)20-36)39-25-33-23-31(5)32(6)24-34(33)26-40(39)42(37-17-9-13-29(3)21-37)38-18-10-14-30(4)22-38/h7-26H,1-6H3. The van der Waals surface area contributed by atoms with Crippen LogP contribution in [0.3, 0.4) is 0 Å². The topological polar surface area (TPSA) is 6.48 Å². The molecule has 0 atom stereocenters. The second kappa shape index (κ2) is 11.2. The minimum atomic E-state index is 1.13. The number of nitrogens with zero attached hydrogens (tertiary/aromatic N) is 2. The third-order valence-electron chi connectivity index (χ3n) is 8.07. The smallest absolute Gasteiger partial charge is 0.0708 e. The summed E-state index contributed by atoms with van der Waals surface area (Å²) in [4.78, 5) is 4.84. The minimum absolute atomic E-state index is 1.13. The van der Waals surface area contributed by atoms with E-state index in [1.54, 1.807) is 0 Å². The molecule has 0 aromatic heterocycles. The number of benzene rings is 6. The Bertz CT molecular complexity index is 1690. The summed E-state index contributed by atoms with van der Waals surface area (Å²) in [7, 11) is 0. The van der Waals surface area contributed by atoms with Crippen LogP contribution in [0.4, 0.5) is 34.1 Å². The summed E-state index contributed by atoms with van der Waals surface area (Å²) in [5.74, 6) is 0. The number of hydrogen-bond donors (Lipinski definition) is 0. The summed E-state index contributed by atoms with van der Waals surface area (Å²) < 4.78 is 0. The maximum atomic E-state index is 2.42. The van der Waals surface area contributed by atoms with Crippen molar-refractivity contribution in [3.05, 3.63) is 155 Å². The third-order valence-corrected chi connectivity index (χ3v) is 8.07. The zero-order valence-corrected chi connectivity index (χ0v) is 25.4. The van der Waals surface area contributed by atoms with Crippen LogP contribution in [0.5, 0.6) is 0 Å². The van der Waals surface area contributed by atoms with Crippen LogP contribution in [-0.2, 0) is 0 Å². The van der Waals surface area contributed by atoms with Crippen LogP contribution in [0.2, 0.25) is 0 Å². The minimum Gasteiger partial charge on any atom is -0.308 e. The van der Waals surface area contributed by atoms with E-state index in [1.807, 2.05) is 0 Å². The molecule has 0 aliphatic rings. The average molecular weight is 547 g/mol. The molecule has 2 nitrogen and oxygen atoms in total. The first kappa shape index (κ1) is 27.4. The highest BCUT2D eigenvalue weighted by molar-refractivity contribution is 6.00. The van der Waals surface area contributed by atoms with E-state index >= 15 is 0 Å². The van der Waals surface area contributed by atoms with Crippen molar-refractivity contribution in [2.75, 3.05) is 9.80 Å². The van der Waals surface area contributed by atoms with Gasteiger partial charge in [-0.25, -0.2) is 0 Å². The van der Waals surface area contributed by atoms with Crippen LogP contribution in [0.15, 0.2) is 121 Å². The lowest BCUT2D eigenvalue weighted by atomic mass is 9.99. The fourth-order valence-corrected chi connectivity index (χ4v) is 5.83. The number of fused-ring (bicyclic) bond motifs is 1. The lowest BCUT2D eigenvalue weighted by molar-refractivity contribution is 1.21. The van der Waals surface area contributed by atoms with Gasteiger partial charge in [0.2, 0.25) is 0 Å². The first-order chi connectivity index (χ1) is 20.3. The Morgan fingerprint density at radius 2 is 0.619 bits per heavy atom. The molecule has 0 N–H and O–H groups in total. The molecule has 2 heteroatoms. The SMILES string of the molecule is Cc1cccc(N(c2cccc(C)c2)c2cc3cc(C)c(C)cc3cc2N(c2cccc(C)c2)c2cccc(C)c2)c1. The molecule has 42 heavy (non-hydrogen) atoms. The third kappa shape index (κ3) is 5.41. The van der Waals surface area contributed by atoms with Crippen molar-refractivity contribution in [1.29, 1.82) is 0 Å². The molecule has 0 saturated carbocycles. The van der Waals surface area contributed by atoms with Gasteiger partial charge in [-0.1, -0.05) is 60.7 Å². The molecule has 0 heterocycles. The predicted molar refractivity (Wildman–Crippen MR) is 182 cm³/mol. The Balaban J connectivity index is 1.74. The first-order valence-electron chi connectivity index (χ1n) is 14.7. The van der Waals surface area contributed by atoms with Gasteiger partial charge >= 0.3 is 0 Å². The molecule has 0 bridgehead atoms. The monoisotopic (exact) mass is 546 g/mol. The van der Waals surface area contributed by atoms with E-state index in [9.17, 15) is 0 Å². The van der Waals surface area contributed by atoms with E-state index < -0.39 is 0 Å². The molecule has 208 valence electrons. The highest BCUT2D eigenvalue weighted by Crippen LogP contribution is 2.48. The first-order valence-corrected chi connectivity index (χ1v) is 14.7. The second-order valence-corrected chi connectivity index (χ2v) is 11.7. The molecule has 0 unspecified atom stereocenters. The molecule has 0 aliphatic carbocycles. The molecular weight excluding hydrogens is 508 g/mol. The van der Waals surface area contributed by atoms with Crippen molar-refractivity contribution in [3.63, 3.8) is 0 Å². The Kier molecular flexibility index (Phi) is 7.31. The van der Waals surface area contributed by atoms with Crippen molar-refractivity contribution in [3.8, 4) is 0 Å². The van der Waals surface area contributed by atoms with Crippen LogP contribution in [0.1, 0.15) is 33.4 Å². The zero-order valence-electron chi connectivity index (χ0n) is 25.4. The highest BCUT2D eigenvalue weighted by Gasteiger charge is 2.24. The molecule has 0 spiro atoms. The highest BCUT2D eigenvalue weighted by atomic mass is 15.2. The molecule has 6 aromatic carbocycles. The van der Waals surface area contributed by atoms with Crippen molar-refractivity contribution in [1.82, 2.24) is 0 Å². The lowest BCUT2D eigenvalue weighted by Crippen LogP contribution is -2.17. The van der Waals surface area contributed by atoms with Gasteiger partial charge in [0.25, 0.3) is 0 Å². The van der Waals surface area contributed by atoms with Crippen molar-refractivity contribution < 1.29 is 0 Å². The van der Waals surface area contributed by atoms with Gasteiger partial charge in [-0.05, 0) is 146 Å². The van der Waals surface area contributed by atoms with Crippen LogP contribution >= 0.6 is 0 Å². The van der Waals surface area contributed by atoms with E-state index in [1.165, 1.54) is 44.2 Å². The number of hydrogen-bond acceptors (Lipinski definition) is 2. The fraction of sp³-hybridized carbons (Fsp3) is 0.150.